The number of aryl methyl sites for hydroxylation is 2. The summed E-state index contributed by atoms with van der Waals surface area (Å²) in [4.78, 5) is 14.7. The van der Waals surface area contributed by atoms with Crippen molar-refractivity contribution in [3.63, 3.8) is 0 Å². The van der Waals surface area contributed by atoms with Gasteiger partial charge in [0.1, 0.15) is 11.5 Å². The highest BCUT2D eigenvalue weighted by molar-refractivity contribution is 7.11. The zero-order valence-electron chi connectivity index (χ0n) is 8.27. The maximum Gasteiger partial charge on any atom is 0.365 e. The second-order valence-corrected chi connectivity index (χ2v) is 4.03. The molecule has 0 aromatic carbocycles. The first-order chi connectivity index (χ1) is 7.08. The normalized spacial score (nSPS) is 10.5. The Labute approximate surface area is 90.2 Å². The van der Waals surface area contributed by atoms with E-state index in [2.05, 4.69) is 4.98 Å². The highest BCUT2D eigenvalue weighted by Gasteiger charge is 2.13. The van der Waals surface area contributed by atoms with Gasteiger partial charge in [-0.1, -0.05) is 0 Å². The van der Waals surface area contributed by atoms with Crippen LogP contribution in [0.3, 0.4) is 0 Å². The molecule has 2 aromatic heterocycles. The summed E-state index contributed by atoms with van der Waals surface area (Å²) in [5.74, 6) is 0.561. The lowest BCUT2D eigenvalue weighted by Gasteiger charge is -1.90. The van der Waals surface area contributed by atoms with Crippen molar-refractivity contribution < 1.29 is 14.3 Å². The van der Waals surface area contributed by atoms with Crippen molar-refractivity contribution in [2.75, 3.05) is 0 Å². The van der Waals surface area contributed by atoms with Gasteiger partial charge in [0, 0.05) is 10.9 Å². The number of hydrogen-bond acceptors (Lipinski definition) is 4. The molecule has 0 spiro atoms. The van der Waals surface area contributed by atoms with E-state index in [1.165, 1.54) is 0 Å². The van der Waals surface area contributed by atoms with E-state index < -0.39 is 5.97 Å². The van der Waals surface area contributed by atoms with Gasteiger partial charge in [0.05, 0.1) is 5.69 Å². The standard InChI is InChI=1S/C10H9NO3S/c1-5-3-7(6(2)14-5)8-4-15-9(11-8)10(12)13/h3-4H,1-2H3,(H,12,13). The van der Waals surface area contributed by atoms with Crippen molar-refractivity contribution in [1.29, 1.82) is 0 Å². The molecular formula is C10H9NO3S. The zero-order valence-corrected chi connectivity index (χ0v) is 9.09. The monoisotopic (exact) mass is 223 g/mol. The van der Waals surface area contributed by atoms with Crippen LogP contribution in [0.4, 0.5) is 0 Å². The van der Waals surface area contributed by atoms with Crippen LogP contribution in [0, 0.1) is 13.8 Å². The maximum absolute atomic E-state index is 10.7. The van der Waals surface area contributed by atoms with Gasteiger partial charge >= 0.3 is 5.97 Å². The lowest BCUT2D eigenvalue weighted by molar-refractivity contribution is 0.0696. The Bertz CT molecular complexity index is 512. The Morgan fingerprint density at radius 3 is 2.73 bits per heavy atom. The minimum absolute atomic E-state index is 0.100. The van der Waals surface area contributed by atoms with E-state index in [0.29, 0.717) is 5.69 Å². The minimum Gasteiger partial charge on any atom is -0.476 e. The van der Waals surface area contributed by atoms with E-state index in [-0.39, 0.29) is 5.01 Å². The summed E-state index contributed by atoms with van der Waals surface area (Å²) in [6.45, 7) is 3.68. The number of hydrogen-bond donors (Lipinski definition) is 1. The van der Waals surface area contributed by atoms with E-state index >= 15 is 0 Å². The number of aromatic nitrogens is 1. The topological polar surface area (TPSA) is 63.3 Å². The third-order valence-electron chi connectivity index (χ3n) is 2.00. The van der Waals surface area contributed by atoms with Crippen molar-refractivity contribution in [1.82, 2.24) is 4.98 Å². The Morgan fingerprint density at radius 1 is 1.53 bits per heavy atom. The Hall–Kier alpha value is -1.62. The van der Waals surface area contributed by atoms with Crippen molar-refractivity contribution in [3.8, 4) is 11.3 Å². The lowest BCUT2D eigenvalue weighted by Crippen LogP contribution is -1.94. The molecule has 5 heteroatoms. The summed E-state index contributed by atoms with van der Waals surface area (Å²) in [6.07, 6.45) is 0. The van der Waals surface area contributed by atoms with Crippen molar-refractivity contribution in [2.45, 2.75) is 13.8 Å². The van der Waals surface area contributed by atoms with E-state index in [0.717, 1.165) is 28.4 Å². The third kappa shape index (κ3) is 1.78. The van der Waals surface area contributed by atoms with Crippen LogP contribution in [0.15, 0.2) is 15.9 Å². The van der Waals surface area contributed by atoms with Crippen LogP contribution in [0.25, 0.3) is 11.3 Å². The van der Waals surface area contributed by atoms with Gasteiger partial charge in [-0.25, -0.2) is 9.78 Å². The fraction of sp³-hybridized carbons (Fsp3) is 0.200. The van der Waals surface area contributed by atoms with Crippen LogP contribution in [0.2, 0.25) is 0 Å². The van der Waals surface area contributed by atoms with E-state index in [9.17, 15) is 4.79 Å². The number of carboxylic acids is 1. The molecule has 2 aromatic rings. The molecule has 1 N–H and O–H groups in total. The van der Waals surface area contributed by atoms with Gasteiger partial charge in [-0.15, -0.1) is 11.3 Å². The summed E-state index contributed by atoms with van der Waals surface area (Å²) in [5, 5.41) is 10.6. The fourth-order valence-electron chi connectivity index (χ4n) is 1.38. The summed E-state index contributed by atoms with van der Waals surface area (Å²) >= 11 is 1.12. The van der Waals surface area contributed by atoms with Gasteiger partial charge in [-0.05, 0) is 19.9 Å². The molecule has 2 rings (SSSR count). The van der Waals surface area contributed by atoms with Crippen molar-refractivity contribution >= 4 is 17.3 Å². The Morgan fingerprint density at radius 2 is 2.27 bits per heavy atom. The number of carboxylic acid groups (broad SMARTS) is 1. The number of carbonyl (C=O) groups is 1. The van der Waals surface area contributed by atoms with Gasteiger partial charge < -0.3 is 9.52 Å². The number of rotatable bonds is 2. The smallest absolute Gasteiger partial charge is 0.365 e. The first-order valence-corrected chi connectivity index (χ1v) is 5.22. The molecular weight excluding hydrogens is 214 g/mol. The van der Waals surface area contributed by atoms with Crippen molar-refractivity contribution in [2.24, 2.45) is 0 Å². The molecule has 0 radical (unpaired) electrons. The molecule has 4 nitrogen and oxygen atoms in total. The lowest BCUT2D eigenvalue weighted by atomic mass is 10.2. The SMILES string of the molecule is Cc1cc(-c2csc(C(=O)O)n2)c(C)o1. The average Bonchev–Trinajstić information content (AvgIpc) is 2.71. The zero-order chi connectivity index (χ0) is 11.0. The number of furan rings is 1. The molecule has 0 aliphatic carbocycles. The number of aromatic carboxylic acids is 1. The van der Waals surface area contributed by atoms with Crippen molar-refractivity contribution in [3.05, 3.63) is 28.0 Å². The third-order valence-corrected chi connectivity index (χ3v) is 2.83. The highest BCUT2D eigenvalue weighted by Crippen LogP contribution is 2.27. The maximum atomic E-state index is 10.7. The summed E-state index contributed by atoms with van der Waals surface area (Å²) < 4.78 is 5.36. The molecule has 0 aliphatic rings. The predicted molar refractivity (Wildman–Crippen MR) is 56.2 cm³/mol. The average molecular weight is 223 g/mol. The van der Waals surface area contributed by atoms with Crippen LogP contribution < -0.4 is 0 Å². The van der Waals surface area contributed by atoms with Gasteiger partial charge in [-0.3, -0.25) is 0 Å². The van der Waals surface area contributed by atoms with Crippen LogP contribution in [0.1, 0.15) is 21.3 Å². The molecule has 0 unspecified atom stereocenters. The minimum atomic E-state index is -0.996. The molecule has 0 aliphatic heterocycles. The van der Waals surface area contributed by atoms with E-state index in [1.807, 2.05) is 19.9 Å². The van der Waals surface area contributed by atoms with Crippen LogP contribution in [0.5, 0.6) is 0 Å². The molecule has 0 saturated carbocycles. The molecule has 15 heavy (non-hydrogen) atoms. The quantitative estimate of drug-likeness (QED) is 0.850. The molecule has 0 bridgehead atoms. The molecule has 0 amide bonds. The number of nitrogens with zero attached hydrogens (tertiary/aromatic N) is 1. The summed E-state index contributed by atoms with van der Waals surface area (Å²) in [7, 11) is 0. The first-order valence-electron chi connectivity index (χ1n) is 4.34. The molecule has 78 valence electrons. The first kappa shape index (κ1) is 9.92. The number of thiazole rings is 1. The van der Waals surface area contributed by atoms with Gasteiger partial charge in [0.15, 0.2) is 0 Å². The molecule has 2 heterocycles. The van der Waals surface area contributed by atoms with Crippen LogP contribution >= 0.6 is 11.3 Å². The highest BCUT2D eigenvalue weighted by atomic mass is 32.1. The van der Waals surface area contributed by atoms with Crippen LogP contribution in [-0.4, -0.2) is 16.1 Å². The fourth-order valence-corrected chi connectivity index (χ4v) is 2.04. The Kier molecular flexibility index (Phi) is 2.32. The largest absolute Gasteiger partial charge is 0.476 e. The molecule has 0 fully saturated rings. The molecule has 0 saturated heterocycles. The molecule has 0 atom stereocenters. The Balaban J connectivity index is 2.45. The second kappa shape index (κ2) is 3.51. The predicted octanol–water partition coefficient (Wildman–Crippen LogP) is 2.72. The second-order valence-electron chi connectivity index (χ2n) is 3.17. The van der Waals surface area contributed by atoms with Gasteiger partial charge in [-0.2, -0.15) is 0 Å². The van der Waals surface area contributed by atoms with E-state index in [1.54, 1.807) is 5.38 Å². The van der Waals surface area contributed by atoms with Gasteiger partial charge in [0.25, 0.3) is 0 Å². The summed E-state index contributed by atoms with van der Waals surface area (Å²) in [5.41, 5.74) is 1.52. The summed E-state index contributed by atoms with van der Waals surface area (Å²) in [6, 6.07) is 1.86. The van der Waals surface area contributed by atoms with E-state index in [4.69, 9.17) is 9.52 Å². The van der Waals surface area contributed by atoms with Crippen LogP contribution in [-0.2, 0) is 0 Å². The van der Waals surface area contributed by atoms with Gasteiger partial charge in [0.2, 0.25) is 5.01 Å².